The van der Waals surface area contributed by atoms with Crippen LogP contribution in [-0.4, -0.2) is 11.7 Å². The molecule has 1 aliphatic rings. The van der Waals surface area contributed by atoms with Crippen molar-refractivity contribution in [3.63, 3.8) is 0 Å². The van der Waals surface area contributed by atoms with Crippen LogP contribution in [0.3, 0.4) is 0 Å². The molecule has 1 aromatic carbocycles. The van der Waals surface area contributed by atoms with E-state index in [-0.39, 0.29) is 16.9 Å². The van der Waals surface area contributed by atoms with Gasteiger partial charge in [-0.1, -0.05) is 30.0 Å². The highest BCUT2D eigenvalue weighted by Crippen LogP contribution is 2.16. The minimum absolute atomic E-state index is 0.135. The average Bonchev–Trinajstić information content (AvgIpc) is 2.51. The second-order valence-corrected chi connectivity index (χ2v) is 5.39. The van der Waals surface area contributed by atoms with Crippen molar-refractivity contribution >= 4 is 0 Å². The van der Waals surface area contributed by atoms with Gasteiger partial charge in [-0.2, -0.15) is 0 Å². The molecule has 5 nitrogen and oxygen atoms in total. The fourth-order valence-electron chi connectivity index (χ4n) is 2.84. The first-order valence-corrected chi connectivity index (χ1v) is 7.01. The molecule has 0 aliphatic carbocycles. The first-order valence-electron chi connectivity index (χ1n) is 7.01. The normalized spacial score (nSPS) is 17.5. The summed E-state index contributed by atoms with van der Waals surface area (Å²) in [5.74, 6) is -0.389. The molecule has 0 saturated carbocycles. The number of aliphatic hydroxyl groups excluding tert-OH is 1. The molecular weight excluding hydrogens is 270 g/mol. The number of aliphatic hydroxyl groups is 1. The predicted molar refractivity (Wildman–Crippen MR) is 73.7 cm³/mol. The Bertz CT molecular complexity index is 708. The number of quaternary nitrogens is 1. The van der Waals surface area contributed by atoms with Crippen molar-refractivity contribution in [3.8, 4) is 5.75 Å². The minimum Gasteiger partial charge on any atom is -0.872 e. The van der Waals surface area contributed by atoms with E-state index in [9.17, 15) is 9.90 Å². The summed E-state index contributed by atoms with van der Waals surface area (Å²) in [4.78, 5) is 12.9. The number of fused-ring (bicyclic) bond motifs is 1. The molecule has 2 N–H and O–H groups in total. The minimum atomic E-state index is -0.594. The van der Waals surface area contributed by atoms with Gasteiger partial charge in [-0.15, -0.1) is 0 Å². The monoisotopic (exact) mass is 287 g/mol. The third kappa shape index (κ3) is 2.70. The van der Waals surface area contributed by atoms with E-state index in [4.69, 9.17) is 9.52 Å². The van der Waals surface area contributed by atoms with E-state index >= 15 is 0 Å². The lowest BCUT2D eigenvalue weighted by atomic mass is 9.99. The molecule has 1 unspecified atom stereocenters. The van der Waals surface area contributed by atoms with Gasteiger partial charge in [0.2, 0.25) is 0 Å². The summed E-state index contributed by atoms with van der Waals surface area (Å²) in [5, 5.41) is 21.2. The molecule has 1 aliphatic heterocycles. The van der Waals surface area contributed by atoms with Gasteiger partial charge in [0.25, 0.3) is 0 Å². The first-order chi connectivity index (χ1) is 10.2. The standard InChI is InChI=1S/C16H17NO4/c18-9-13-10-21-16(20)14(15(13)19)8-17-6-5-11-3-1-2-4-12(11)7-17/h1-4,10,18-19H,5-9H2. The Balaban J connectivity index is 1.84. The Kier molecular flexibility index (Phi) is 3.77. The maximum Gasteiger partial charge on any atom is 0.343 e. The second-order valence-electron chi connectivity index (χ2n) is 5.39. The van der Waals surface area contributed by atoms with Crippen LogP contribution in [0.25, 0.3) is 0 Å². The Hall–Kier alpha value is -2.11. The summed E-state index contributed by atoms with van der Waals surface area (Å²) in [6.45, 7) is 1.59. The van der Waals surface area contributed by atoms with Gasteiger partial charge < -0.3 is 19.5 Å². The average molecular weight is 287 g/mol. The number of nitrogens with one attached hydrogen (secondary N) is 1. The molecule has 0 fully saturated rings. The van der Waals surface area contributed by atoms with E-state index in [2.05, 4.69) is 12.1 Å². The molecule has 0 spiro atoms. The first kappa shape index (κ1) is 13.9. The van der Waals surface area contributed by atoms with Crippen LogP contribution in [0.5, 0.6) is 5.75 Å². The van der Waals surface area contributed by atoms with Crippen LogP contribution >= 0.6 is 0 Å². The van der Waals surface area contributed by atoms with E-state index < -0.39 is 12.2 Å². The van der Waals surface area contributed by atoms with Crippen LogP contribution in [0.4, 0.5) is 0 Å². The zero-order chi connectivity index (χ0) is 14.8. The highest BCUT2D eigenvalue weighted by Gasteiger charge is 2.21. The van der Waals surface area contributed by atoms with Gasteiger partial charge in [-0.3, -0.25) is 0 Å². The Morgan fingerprint density at radius 1 is 1.29 bits per heavy atom. The summed E-state index contributed by atoms with van der Waals surface area (Å²) in [6, 6.07) is 8.23. The summed E-state index contributed by atoms with van der Waals surface area (Å²) >= 11 is 0. The predicted octanol–water partition coefficient (Wildman–Crippen LogP) is -0.653. The molecule has 1 atom stereocenters. The van der Waals surface area contributed by atoms with Gasteiger partial charge >= 0.3 is 5.63 Å². The molecule has 0 radical (unpaired) electrons. The van der Waals surface area contributed by atoms with Gasteiger partial charge in [0.05, 0.1) is 25.0 Å². The number of rotatable bonds is 3. The van der Waals surface area contributed by atoms with Crippen molar-refractivity contribution in [1.82, 2.24) is 0 Å². The fourth-order valence-corrected chi connectivity index (χ4v) is 2.84. The third-order valence-corrected chi connectivity index (χ3v) is 4.02. The summed E-state index contributed by atoms with van der Waals surface area (Å²) in [6.07, 6.45) is 1.99. The molecule has 3 rings (SSSR count). The van der Waals surface area contributed by atoms with Crippen molar-refractivity contribution in [3.05, 3.63) is 63.2 Å². The van der Waals surface area contributed by atoms with Gasteiger partial charge in [0, 0.05) is 17.5 Å². The van der Waals surface area contributed by atoms with Crippen molar-refractivity contribution in [2.75, 3.05) is 6.54 Å². The van der Waals surface area contributed by atoms with E-state index in [1.54, 1.807) is 0 Å². The number of hydrogen-bond acceptors (Lipinski definition) is 4. The largest absolute Gasteiger partial charge is 0.872 e. The molecule has 1 aromatic heterocycles. The van der Waals surface area contributed by atoms with Gasteiger partial charge in [-0.05, 0) is 5.56 Å². The molecule has 2 heterocycles. The molecule has 110 valence electrons. The third-order valence-electron chi connectivity index (χ3n) is 4.02. The molecule has 5 heteroatoms. The summed E-state index contributed by atoms with van der Waals surface area (Å²) in [7, 11) is 0. The lowest BCUT2D eigenvalue weighted by Crippen LogP contribution is -3.10. The summed E-state index contributed by atoms with van der Waals surface area (Å²) in [5.41, 5.74) is 2.27. The smallest absolute Gasteiger partial charge is 0.343 e. The summed E-state index contributed by atoms with van der Waals surface area (Å²) < 4.78 is 4.84. The van der Waals surface area contributed by atoms with Crippen LogP contribution in [0.1, 0.15) is 22.3 Å². The molecule has 21 heavy (non-hydrogen) atoms. The maximum absolute atomic E-state index is 12.1. The zero-order valence-electron chi connectivity index (χ0n) is 11.6. The van der Waals surface area contributed by atoms with Crippen molar-refractivity contribution in [2.24, 2.45) is 0 Å². The van der Waals surface area contributed by atoms with Gasteiger partial charge in [-0.25, -0.2) is 4.79 Å². The van der Waals surface area contributed by atoms with Crippen LogP contribution in [0, 0.1) is 0 Å². The molecule has 0 amide bonds. The van der Waals surface area contributed by atoms with Gasteiger partial charge in [0.1, 0.15) is 13.1 Å². The molecule has 2 aromatic rings. The number of benzene rings is 1. The van der Waals surface area contributed by atoms with Crippen LogP contribution < -0.4 is 15.6 Å². The van der Waals surface area contributed by atoms with Crippen LogP contribution in [0.15, 0.2) is 39.7 Å². The Morgan fingerprint density at radius 2 is 2.05 bits per heavy atom. The SMILES string of the molecule is O=c1occ(CO)c([O-])c1C[NH+]1CCc2ccccc2C1. The van der Waals surface area contributed by atoms with Gasteiger partial charge in [0.15, 0.2) is 0 Å². The molecule has 0 saturated heterocycles. The molecule has 0 bridgehead atoms. The second kappa shape index (κ2) is 5.71. The highest BCUT2D eigenvalue weighted by atomic mass is 16.4. The lowest BCUT2D eigenvalue weighted by Gasteiger charge is -2.27. The maximum atomic E-state index is 12.1. The highest BCUT2D eigenvalue weighted by molar-refractivity contribution is 5.34. The van der Waals surface area contributed by atoms with Crippen molar-refractivity contribution in [2.45, 2.75) is 26.1 Å². The topological polar surface area (TPSA) is 77.9 Å². The van der Waals surface area contributed by atoms with E-state index in [0.717, 1.165) is 30.7 Å². The Labute approximate surface area is 122 Å². The van der Waals surface area contributed by atoms with E-state index in [0.29, 0.717) is 6.54 Å². The van der Waals surface area contributed by atoms with Crippen molar-refractivity contribution < 1.29 is 19.5 Å². The van der Waals surface area contributed by atoms with Crippen LogP contribution in [0.2, 0.25) is 0 Å². The lowest BCUT2D eigenvalue weighted by molar-refractivity contribution is -0.929. The van der Waals surface area contributed by atoms with Crippen molar-refractivity contribution in [1.29, 1.82) is 0 Å². The Morgan fingerprint density at radius 3 is 2.81 bits per heavy atom. The zero-order valence-corrected chi connectivity index (χ0v) is 11.6. The number of hydrogen-bond donors (Lipinski definition) is 2. The molecular formula is C16H17NO4. The fraction of sp³-hybridized carbons (Fsp3) is 0.312. The quantitative estimate of drug-likeness (QED) is 0.786. The van der Waals surface area contributed by atoms with Crippen LogP contribution in [-0.2, 0) is 26.1 Å². The van der Waals surface area contributed by atoms with E-state index in [1.807, 2.05) is 12.1 Å². The van der Waals surface area contributed by atoms with E-state index in [1.165, 1.54) is 11.1 Å².